The van der Waals surface area contributed by atoms with Gasteiger partial charge in [0, 0.05) is 24.8 Å². The summed E-state index contributed by atoms with van der Waals surface area (Å²) in [6, 6.07) is 0.390. The van der Waals surface area contributed by atoms with Crippen molar-refractivity contribution in [2.45, 2.75) is 74.6 Å². The summed E-state index contributed by atoms with van der Waals surface area (Å²) < 4.78 is 24.3. The van der Waals surface area contributed by atoms with E-state index in [0.29, 0.717) is 17.7 Å². The topological polar surface area (TPSA) is 84.0 Å². The van der Waals surface area contributed by atoms with Crippen LogP contribution in [0.2, 0.25) is 0 Å². The Kier molecular flexibility index (Phi) is 6.28. The van der Waals surface area contributed by atoms with Crippen LogP contribution in [0.25, 0.3) is 0 Å². The first kappa shape index (κ1) is 18.6. The average Bonchev–Trinajstić information content (AvgIpc) is 2.57. The summed E-state index contributed by atoms with van der Waals surface area (Å²) in [5, 5.41) is 6.82. The first-order chi connectivity index (χ1) is 12.0. The van der Waals surface area contributed by atoms with E-state index in [1.165, 1.54) is 44.6 Å². The van der Waals surface area contributed by atoms with Gasteiger partial charge in [-0.05, 0) is 32.2 Å². The van der Waals surface area contributed by atoms with Crippen molar-refractivity contribution in [2.24, 2.45) is 0 Å². The van der Waals surface area contributed by atoms with Crippen LogP contribution in [0.15, 0.2) is 11.1 Å². The molecule has 0 bridgehead atoms. The summed E-state index contributed by atoms with van der Waals surface area (Å²) in [4.78, 5) is 9.28. The van der Waals surface area contributed by atoms with Crippen molar-refractivity contribution < 1.29 is 8.42 Å². The Labute approximate surface area is 151 Å². The van der Waals surface area contributed by atoms with E-state index in [9.17, 15) is 8.42 Å². The Morgan fingerprint density at radius 2 is 1.80 bits per heavy atom. The lowest BCUT2D eigenvalue weighted by Crippen LogP contribution is -2.30. The monoisotopic (exact) mass is 366 g/mol. The molecule has 1 aromatic rings. The minimum atomic E-state index is -3.32. The molecule has 1 atom stereocenters. The second-order valence-electron chi connectivity index (χ2n) is 7.44. The third-order valence-electron chi connectivity index (χ3n) is 5.30. The van der Waals surface area contributed by atoms with E-state index in [-0.39, 0.29) is 10.8 Å². The van der Waals surface area contributed by atoms with Crippen LogP contribution in [-0.4, -0.2) is 43.8 Å². The predicted molar refractivity (Wildman–Crippen MR) is 99.7 cm³/mol. The number of hydrogen-bond acceptors (Lipinski definition) is 6. The minimum absolute atomic E-state index is 0.138. The molecule has 140 valence electrons. The molecule has 25 heavy (non-hydrogen) atoms. The third-order valence-corrected chi connectivity index (χ3v) is 6.42. The molecule has 1 aliphatic heterocycles. The van der Waals surface area contributed by atoms with Crippen molar-refractivity contribution in [1.29, 1.82) is 0 Å². The predicted octanol–water partition coefficient (Wildman–Crippen LogP) is 2.87. The molecular formula is C18H30N4O2S. The highest BCUT2D eigenvalue weighted by molar-refractivity contribution is 7.90. The molecule has 7 heteroatoms. The molecule has 1 aliphatic carbocycles. The second kappa shape index (κ2) is 8.45. The highest BCUT2D eigenvalue weighted by Gasteiger charge is 2.25. The highest BCUT2D eigenvalue weighted by Crippen LogP contribution is 2.28. The van der Waals surface area contributed by atoms with Gasteiger partial charge in [0.2, 0.25) is 5.95 Å². The average molecular weight is 367 g/mol. The van der Waals surface area contributed by atoms with Crippen molar-refractivity contribution in [2.75, 3.05) is 24.7 Å². The molecule has 0 spiro atoms. The molecular weight excluding hydrogens is 336 g/mol. The SMILES string of the molecule is CS(=O)(=O)c1cnc(NC2CCCCCCC2)nc1[C@H]1CCCNC1. The minimum Gasteiger partial charge on any atom is -0.351 e. The van der Waals surface area contributed by atoms with Gasteiger partial charge in [0.25, 0.3) is 0 Å². The van der Waals surface area contributed by atoms with Crippen LogP contribution in [0.5, 0.6) is 0 Å². The van der Waals surface area contributed by atoms with Crippen LogP contribution >= 0.6 is 0 Å². The number of anilines is 1. The van der Waals surface area contributed by atoms with Crippen molar-refractivity contribution >= 4 is 15.8 Å². The van der Waals surface area contributed by atoms with Crippen LogP contribution in [0.1, 0.15) is 69.4 Å². The van der Waals surface area contributed by atoms with Gasteiger partial charge >= 0.3 is 0 Å². The fraction of sp³-hybridized carbons (Fsp3) is 0.778. The lowest BCUT2D eigenvalue weighted by Gasteiger charge is -2.25. The first-order valence-electron chi connectivity index (χ1n) is 9.58. The maximum atomic E-state index is 12.2. The molecule has 2 fully saturated rings. The van der Waals surface area contributed by atoms with Gasteiger partial charge in [-0.2, -0.15) is 0 Å². The van der Waals surface area contributed by atoms with E-state index in [1.807, 2.05) is 0 Å². The van der Waals surface area contributed by atoms with Crippen molar-refractivity contribution in [3.63, 3.8) is 0 Å². The zero-order valence-corrected chi connectivity index (χ0v) is 15.9. The van der Waals surface area contributed by atoms with Gasteiger partial charge in [0.15, 0.2) is 9.84 Å². The molecule has 6 nitrogen and oxygen atoms in total. The number of piperidine rings is 1. The van der Waals surface area contributed by atoms with Crippen LogP contribution in [0.3, 0.4) is 0 Å². The molecule has 2 N–H and O–H groups in total. The number of nitrogens with zero attached hydrogens (tertiary/aromatic N) is 2. The van der Waals surface area contributed by atoms with Crippen LogP contribution in [0, 0.1) is 0 Å². The Bertz CT molecular complexity index is 664. The molecule has 1 saturated heterocycles. The number of aromatic nitrogens is 2. The second-order valence-corrected chi connectivity index (χ2v) is 9.43. The van der Waals surface area contributed by atoms with E-state index in [0.717, 1.165) is 38.8 Å². The van der Waals surface area contributed by atoms with E-state index in [2.05, 4.69) is 20.6 Å². The fourth-order valence-electron chi connectivity index (χ4n) is 3.90. The number of hydrogen-bond donors (Lipinski definition) is 2. The Morgan fingerprint density at radius 1 is 1.08 bits per heavy atom. The molecule has 1 aromatic heterocycles. The molecule has 1 saturated carbocycles. The van der Waals surface area contributed by atoms with E-state index in [4.69, 9.17) is 0 Å². The maximum Gasteiger partial charge on any atom is 0.223 e. The van der Waals surface area contributed by atoms with Gasteiger partial charge in [-0.1, -0.05) is 32.1 Å². The zero-order valence-electron chi connectivity index (χ0n) is 15.1. The quantitative estimate of drug-likeness (QED) is 0.852. The number of rotatable bonds is 4. The van der Waals surface area contributed by atoms with Crippen LogP contribution in [0.4, 0.5) is 5.95 Å². The molecule has 0 amide bonds. The Balaban J connectivity index is 1.82. The summed E-state index contributed by atoms with van der Waals surface area (Å²) in [6.07, 6.45) is 13.4. The summed E-state index contributed by atoms with van der Waals surface area (Å²) in [7, 11) is -3.32. The summed E-state index contributed by atoms with van der Waals surface area (Å²) >= 11 is 0. The van der Waals surface area contributed by atoms with E-state index < -0.39 is 9.84 Å². The lowest BCUT2D eigenvalue weighted by atomic mass is 9.96. The molecule has 0 unspecified atom stereocenters. The van der Waals surface area contributed by atoms with Crippen molar-refractivity contribution in [3.8, 4) is 0 Å². The van der Waals surface area contributed by atoms with Gasteiger partial charge in [-0.25, -0.2) is 18.4 Å². The van der Waals surface area contributed by atoms with Crippen molar-refractivity contribution in [3.05, 3.63) is 11.9 Å². The van der Waals surface area contributed by atoms with Gasteiger partial charge in [-0.3, -0.25) is 0 Å². The molecule has 2 aliphatic rings. The lowest BCUT2D eigenvalue weighted by molar-refractivity contribution is 0.446. The van der Waals surface area contributed by atoms with Gasteiger partial charge in [0.05, 0.1) is 11.9 Å². The first-order valence-corrected chi connectivity index (χ1v) is 11.5. The van der Waals surface area contributed by atoms with Gasteiger partial charge in [0.1, 0.15) is 4.90 Å². The molecule has 3 rings (SSSR count). The smallest absolute Gasteiger partial charge is 0.223 e. The van der Waals surface area contributed by atoms with E-state index in [1.54, 1.807) is 0 Å². The summed E-state index contributed by atoms with van der Waals surface area (Å²) in [5.41, 5.74) is 0.679. The third kappa shape index (κ3) is 5.14. The summed E-state index contributed by atoms with van der Waals surface area (Å²) in [5.74, 6) is 0.720. The Hall–Kier alpha value is -1.21. The number of nitrogens with one attached hydrogen (secondary N) is 2. The van der Waals surface area contributed by atoms with E-state index >= 15 is 0 Å². The largest absolute Gasteiger partial charge is 0.351 e. The summed E-state index contributed by atoms with van der Waals surface area (Å²) in [6.45, 7) is 1.77. The standard InChI is InChI=1S/C18H30N4O2S/c1-25(23,24)16-13-20-18(21-15-9-5-3-2-4-6-10-15)22-17(16)14-8-7-11-19-12-14/h13-15,19H,2-12H2,1H3,(H,20,21,22)/t14-/m0/s1. The number of sulfone groups is 1. The van der Waals surface area contributed by atoms with Crippen LogP contribution < -0.4 is 10.6 Å². The Morgan fingerprint density at radius 3 is 2.44 bits per heavy atom. The molecule has 2 heterocycles. The fourth-order valence-corrected chi connectivity index (χ4v) is 4.74. The zero-order chi connectivity index (χ0) is 17.7. The highest BCUT2D eigenvalue weighted by atomic mass is 32.2. The maximum absolute atomic E-state index is 12.2. The normalized spacial score (nSPS) is 23.6. The van der Waals surface area contributed by atoms with Gasteiger partial charge in [-0.15, -0.1) is 0 Å². The molecule has 0 radical (unpaired) electrons. The van der Waals surface area contributed by atoms with Crippen molar-refractivity contribution in [1.82, 2.24) is 15.3 Å². The molecule has 0 aromatic carbocycles. The van der Waals surface area contributed by atoms with Gasteiger partial charge < -0.3 is 10.6 Å². The van der Waals surface area contributed by atoms with Crippen LogP contribution in [-0.2, 0) is 9.84 Å².